The molecule has 0 bridgehead atoms. The monoisotopic (exact) mass is 345 g/mol. The maximum absolute atomic E-state index is 12.0. The lowest BCUT2D eigenvalue weighted by Crippen LogP contribution is -2.48. The molecule has 7 heteroatoms. The van der Waals surface area contributed by atoms with E-state index in [0.717, 1.165) is 38.2 Å². The van der Waals surface area contributed by atoms with Gasteiger partial charge in [0, 0.05) is 36.8 Å². The van der Waals surface area contributed by atoms with E-state index in [1.165, 1.54) is 4.88 Å². The Bertz CT molecular complexity index is 619. The summed E-state index contributed by atoms with van der Waals surface area (Å²) < 4.78 is 0. The van der Waals surface area contributed by atoms with Crippen molar-refractivity contribution < 1.29 is 4.79 Å². The molecule has 3 heterocycles. The van der Waals surface area contributed by atoms with E-state index in [4.69, 9.17) is 0 Å². The highest BCUT2D eigenvalue weighted by atomic mass is 32.1. The Kier molecular flexibility index (Phi) is 6.14. The molecule has 128 valence electrons. The summed E-state index contributed by atoms with van der Waals surface area (Å²) in [5, 5.41) is 16.5. The van der Waals surface area contributed by atoms with Gasteiger partial charge in [0.2, 0.25) is 5.91 Å². The van der Waals surface area contributed by atoms with Crippen molar-refractivity contribution in [2.24, 2.45) is 0 Å². The molecule has 24 heavy (non-hydrogen) atoms. The predicted octanol–water partition coefficient (Wildman–Crippen LogP) is 1.46. The van der Waals surface area contributed by atoms with E-state index in [9.17, 15) is 4.79 Å². The van der Waals surface area contributed by atoms with E-state index >= 15 is 0 Å². The molecule has 1 saturated heterocycles. The molecular formula is C17H23N5OS. The quantitative estimate of drug-likeness (QED) is 0.795. The summed E-state index contributed by atoms with van der Waals surface area (Å²) in [5.74, 6) is 0.965. The number of nitrogens with one attached hydrogen (secondary N) is 2. The number of hydrogen-bond donors (Lipinski definition) is 2. The highest BCUT2D eigenvalue weighted by Gasteiger charge is 2.21. The zero-order valence-electron chi connectivity index (χ0n) is 13.6. The van der Waals surface area contributed by atoms with Crippen molar-refractivity contribution in [1.29, 1.82) is 0 Å². The number of thiophene rings is 1. The lowest BCUT2D eigenvalue weighted by atomic mass is 10.1. The molecule has 0 aliphatic carbocycles. The van der Waals surface area contributed by atoms with E-state index in [0.29, 0.717) is 19.1 Å². The Labute approximate surface area is 146 Å². The van der Waals surface area contributed by atoms with Crippen molar-refractivity contribution in [2.75, 3.05) is 31.1 Å². The molecule has 1 fully saturated rings. The molecule has 0 radical (unpaired) electrons. The first-order valence-corrected chi connectivity index (χ1v) is 9.24. The topological polar surface area (TPSA) is 70.2 Å². The van der Waals surface area contributed by atoms with E-state index in [1.807, 2.05) is 18.2 Å². The van der Waals surface area contributed by atoms with Crippen molar-refractivity contribution in [3.63, 3.8) is 0 Å². The average Bonchev–Trinajstić information content (AvgIpc) is 3.14. The molecular weight excluding hydrogens is 322 g/mol. The van der Waals surface area contributed by atoms with Gasteiger partial charge >= 0.3 is 0 Å². The first-order valence-electron chi connectivity index (χ1n) is 8.36. The largest absolute Gasteiger partial charge is 0.355 e. The van der Waals surface area contributed by atoms with Crippen LogP contribution in [0.5, 0.6) is 0 Å². The zero-order chi connectivity index (χ0) is 16.6. The number of amides is 1. The van der Waals surface area contributed by atoms with Gasteiger partial charge in [-0.1, -0.05) is 6.07 Å². The number of carbonyl (C=O) groups excluding carboxylic acids is 1. The maximum Gasteiger partial charge on any atom is 0.233 e. The van der Waals surface area contributed by atoms with Gasteiger partial charge in [0.15, 0.2) is 5.82 Å². The van der Waals surface area contributed by atoms with Crippen molar-refractivity contribution in [3.8, 4) is 0 Å². The van der Waals surface area contributed by atoms with Crippen molar-refractivity contribution in [1.82, 2.24) is 20.8 Å². The first kappa shape index (κ1) is 16.9. The van der Waals surface area contributed by atoms with Crippen LogP contribution in [-0.4, -0.2) is 48.3 Å². The van der Waals surface area contributed by atoms with Gasteiger partial charge in [0.1, 0.15) is 0 Å². The molecule has 2 N–H and O–H groups in total. The van der Waals surface area contributed by atoms with Crippen LogP contribution in [0.3, 0.4) is 0 Å². The number of carbonyl (C=O) groups is 1. The van der Waals surface area contributed by atoms with Crippen LogP contribution in [0.2, 0.25) is 0 Å². The fraction of sp³-hybridized carbons (Fsp3) is 0.471. The Morgan fingerprint density at radius 1 is 1.38 bits per heavy atom. The van der Waals surface area contributed by atoms with Gasteiger partial charge in [-0.3, -0.25) is 4.79 Å². The predicted molar refractivity (Wildman–Crippen MR) is 96.3 cm³/mol. The highest BCUT2D eigenvalue weighted by molar-refractivity contribution is 7.09. The molecule has 0 spiro atoms. The molecule has 6 nitrogen and oxygen atoms in total. The number of aromatic nitrogens is 2. The second kappa shape index (κ2) is 8.75. The van der Waals surface area contributed by atoms with Crippen LogP contribution in [0, 0.1) is 0 Å². The fourth-order valence-electron chi connectivity index (χ4n) is 2.89. The van der Waals surface area contributed by atoms with E-state index in [-0.39, 0.29) is 5.91 Å². The van der Waals surface area contributed by atoms with Crippen LogP contribution in [0.4, 0.5) is 5.82 Å². The Morgan fingerprint density at radius 3 is 3.12 bits per heavy atom. The summed E-state index contributed by atoms with van der Waals surface area (Å²) in [5.41, 5.74) is 0. The standard InChI is InChI=1S/C17H23N5OS/c23-17(18-9-7-15-5-3-11-24-15)12-19-14-4-2-10-22(13-14)16-6-1-8-20-21-16/h1,3,5-6,8,11,14,19H,2,4,7,9-10,12-13H2,(H,18,23). The number of hydrogen-bond acceptors (Lipinski definition) is 6. The van der Waals surface area contributed by atoms with Gasteiger partial charge in [-0.2, -0.15) is 5.10 Å². The van der Waals surface area contributed by atoms with Gasteiger partial charge < -0.3 is 15.5 Å². The molecule has 1 aliphatic rings. The smallest absolute Gasteiger partial charge is 0.233 e. The number of piperidine rings is 1. The third-order valence-corrected chi connectivity index (χ3v) is 5.06. The Morgan fingerprint density at radius 2 is 2.33 bits per heavy atom. The minimum atomic E-state index is 0.0585. The second-order valence-corrected chi connectivity index (χ2v) is 6.96. The summed E-state index contributed by atoms with van der Waals surface area (Å²) in [6, 6.07) is 8.32. The summed E-state index contributed by atoms with van der Waals surface area (Å²) in [7, 11) is 0. The Balaban J connectivity index is 1.37. The van der Waals surface area contributed by atoms with E-state index in [1.54, 1.807) is 17.5 Å². The third kappa shape index (κ3) is 5.01. The van der Waals surface area contributed by atoms with Crippen LogP contribution in [0.25, 0.3) is 0 Å². The Hall–Kier alpha value is -1.99. The second-order valence-electron chi connectivity index (χ2n) is 5.93. The van der Waals surface area contributed by atoms with Crippen molar-refractivity contribution in [2.45, 2.75) is 25.3 Å². The number of nitrogens with zero attached hydrogens (tertiary/aromatic N) is 3. The molecule has 0 aromatic carbocycles. The molecule has 1 aliphatic heterocycles. The summed E-state index contributed by atoms with van der Waals surface area (Å²) in [4.78, 5) is 15.5. The normalized spacial score (nSPS) is 17.7. The average molecular weight is 345 g/mol. The lowest BCUT2D eigenvalue weighted by Gasteiger charge is -2.33. The van der Waals surface area contributed by atoms with Crippen LogP contribution in [-0.2, 0) is 11.2 Å². The number of anilines is 1. The van der Waals surface area contributed by atoms with Crippen molar-refractivity contribution >= 4 is 23.1 Å². The minimum Gasteiger partial charge on any atom is -0.355 e. The molecule has 0 saturated carbocycles. The van der Waals surface area contributed by atoms with Gasteiger partial charge in [-0.05, 0) is 42.8 Å². The molecule has 2 aromatic heterocycles. The van der Waals surface area contributed by atoms with Crippen LogP contribution in [0.15, 0.2) is 35.8 Å². The summed E-state index contributed by atoms with van der Waals surface area (Å²) in [6.45, 7) is 2.91. The van der Waals surface area contributed by atoms with Crippen LogP contribution >= 0.6 is 11.3 Å². The van der Waals surface area contributed by atoms with Crippen LogP contribution in [0.1, 0.15) is 17.7 Å². The van der Waals surface area contributed by atoms with Crippen molar-refractivity contribution in [3.05, 3.63) is 40.7 Å². The molecule has 1 amide bonds. The van der Waals surface area contributed by atoms with Gasteiger partial charge in [-0.25, -0.2) is 0 Å². The van der Waals surface area contributed by atoms with Gasteiger partial charge in [-0.15, -0.1) is 16.4 Å². The fourth-order valence-corrected chi connectivity index (χ4v) is 3.60. The molecule has 2 aromatic rings. The lowest BCUT2D eigenvalue weighted by molar-refractivity contribution is -0.120. The highest BCUT2D eigenvalue weighted by Crippen LogP contribution is 2.16. The maximum atomic E-state index is 12.0. The van der Waals surface area contributed by atoms with Gasteiger partial charge in [0.25, 0.3) is 0 Å². The van der Waals surface area contributed by atoms with Gasteiger partial charge in [0.05, 0.1) is 6.54 Å². The summed E-state index contributed by atoms with van der Waals surface area (Å²) >= 11 is 1.73. The molecule has 3 rings (SSSR count). The molecule has 1 unspecified atom stereocenters. The van der Waals surface area contributed by atoms with E-state index in [2.05, 4.69) is 37.2 Å². The SMILES string of the molecule is O=C(CNC1CCCN(c2cccnn2)C1)NCCc1cccs1. The summed E-state index contributed by atoms with van der Waals surface area (Å²) in [6.07, 6.45) is 4.75. The van der Waals surface area contributed by atoms with E-state index < -0.39 is 0 Å². The minimum absolute atomic E-state index is 0.0585. The number of rotatable bonds is 7. The molecule has 1 atom stereocenters. The van der Waals surface area contributed by atoms with Crippen LogP contribution < -0.4 is 15.5 Å². The third-order valence-electron chi connectivity index (χ3n) is 4.13. The first-order chi connectivity index (χ1) is 11.8. The zero-order valence-corrected chi connectivity index (χ0v) is 14.5.